The molecular formula is C13H34K2N4O3. The van der Waals surface area contributed by atoms with Crippen LogP contribution in [0.1, 0.15) is 56.8 Å². The van der Waals surface area contributed by atoms with E-state index in [1.54, 1.807) is 0 Å². The molecule has 0 spiro atoms. The van der Waals surface area contributed by atoms with Gasteiger partial charge in [-0.3, -0.25) is 4.79 Å². The molecule has 0 unspecified atom stereocenters. The molecule has 0 aliphatic carbocycles. The number of carbonyl (C=O) groups excluding carboxylic acids is 1. The molecule has 7 nitrogen and oxygen atoms in total. The fraction of sp³-hybridized carbons (Fsp3) is 0.923. The second kappa shape index (κ2) is 14.7. The Morgan fingerprint density at radius 3 is 0.818 bits per heavy atom. The Balaban J connectivity index is -0.0000000464. The van der Waals surface area contributed by atoms with Gasteiger partial charge in [0, 0.05) is 22.2 Å². The third-order valence-corrected chi connectivity index (χ3v) is 3.36. The summed E-state index contributed by atoms with van der Waals surface area (Å²) in [5.74, 6) is 0. The summed E-state index contributed by atoms with van der Waals surface area (Å²) >= 11 is 0. The van der Waals surface area contributed by atoms with E-state index < -0.39 is 0 Å². The first-order chi connectivity index (χ1) is 8.41. The summed E-state index contributed by atoms with van der Waals surface area (Å²) in [7, 11) is 0. The summed E-state index contributed by atoms with van der Waals surface area (Å²) in [6, 6.07) is 0. The average Bonchev–Trinajstić information content (AvgIpc) is 2.12. The van der Waals surface area contributed by atoms with Crippen molar-refractivity contribution in [2.45, 2.75) is 77.5 Å². The van der Waals surface area contributed by atoms with Crippen LogP contribution in [0.3, 0.4) is 0 Å². The largest absolute Gasteiger partial charge is 1.00 e. The molecule has 0 atom stereocenters. The molecule has 0 amide bonds. The van der Waals surface area contributed by atoms with Gasteiger partial charge in [-0.1, -0.05) is 0 Å². The van der Waals surface area contributed by atoms with Gasteiger partial charge in [-0.15, -0.1) is 0 Å². The van der Waals surface area contributed by atoms with E-state index in [1.165, 1.54) is 0 Å². The summed E-state index contributed by atoms with van der Waals surface area (Å²) in [5, 5.41) is 8.43. The Morgan fingerprint density at radius 2 is 0.818 bits per heavy atom. The number of hydrogen-bond acceptors (Lipinski definition) is 7. The average molecular weight is 373 g/mol. The van der Waals surface area contributed by atoms with Crippen molar-refractivity contribution in [1.82, 2.24) is 0 Å². The molecule has 22 heavy (non-hydrogen) atoms. The zero-order chi connectivity index (χ0) is 17.4. The van der Waals surface area contributed by atoms with Crippen molar-refractivity contribution in [3.8, 4) is 0 Å². The van der Waals surface area contributed by atoms with Crippen LogP contribution in [0.5, 0.6) is 0 Å². The monoisotopic (exact) mass is 372 g/mol. The first-order valence-corrected chi connectivity index (χ1v) is 6.29. The van der Waals surface area contributed by atoms with Crippen molar-refractivity contribution >= 4 is 6.47 Å². The Hall–Kier alpha value is 2.54. The Kier molecular flexibility index (Phi) is 23.8. The molecule has 0 radical (unpaired) electrons. The molecule has 0 saturated carbocycles. The van der Waals surface area contributed by atoms with E-state index in [0.29, 0.717) is 0 Å². The van der Waals surface area contributed by atoms with Crippen LogP contribution < -0.4 is 131 Å². The summed E-state index contributed by atoms with van der Waals surface area (Å²) in [6.07, 6.45) is 0. The van der Waals surface area contributed by atoms with Crippen LogP contribution in [-0.2, 0) is 9.68 Å². The number of hydrogen-bond donors (Lipinski definition) is 4. The van der Waals surface area contributed by atoms with E-state index in [-0.39, 0.29) is 133 Å². The molecule has 0 fully saturated rings. The fourth-order valence-corrected chi connectivity index (χ4v) is 0. The maximum atomic E-state index is 8.64. The van der Waals surface area contributed by atoms with Crippen LogP contribution in [0.4, 0.5) is 0 Å². The molecule has 0 saturated heterocycles. The van der Waals surface area contributed by atoms with Crippen molar-refractivity contribution in [3.63, 3.8) is 0 Å². The molecule has 0 rings (SSSR count). The zero-order valence-electron chi connectivity index (χ0n) is 17.1. The topological polar surface area (TPSA) is 153 Å². The molecule has 0 aromatic heterocycles. The molecule has 0 aliphatic heterocycles. The maximum absolute atomic E-state index is 8.64. The molecule has 0 aliphatic rings. The van der Waals surface area contributed by atoms with Gasteiger partial charge in [-0.05, 0) is 55.4 Å². The van der Waals surface area contributed by atoms with Gasteiger partial charge in [-0.25, -0.2) is 0 Å². The Labute approximate surface area is 222 Å². The molecular weight excluding hydrogens is 338 g/mol. The van der Waals surface area contributed by atoms with Crippen molar-refractivity contribution in [2.75, 3.05) is 0 Å². The van der Waals surface area contributed by atoms with E-state index >= 15 is 0 Å². The number of rotatable bonds is 3. The van der Waals surface area contributed by atoms with Crippen LogP contribution in [0.15, 0.2) is 0 Å². The van der Waals surface area contributed by atoms with Crippen LogP contribution in [0, 0.1) is 0 Å². The summed E-state index contributed by atoms with van der Waals surface area (Å²) in [5.41, 5.74) is 21.6. The van der Waals surface area contributed by atoms with Gasteiger partial charge < -0.3 is 34.5 Å². The van der Waals surface area contributed by atoms with Gasteiger partial charge in [0.05, 0.1) is 0 Å². The SMILES string of the molecule is CC(C)(N)C(C)(C)N.CC(C)(N)C(C)(C)N.O=CO[O-].[H-].[K+].[K+]. The predicted octanol–water partition coefficient (Wildman–Crippen LogP) is -6.52. The van der Waals surface area contributed by atoms with Gasteiger partial charge in [0.1, 0.15) is 0 Å². The third-order valence-electron chi connectivity index (χ3n) is 3.36. The van der Waals surface area contributed by atoms with E-state index in [9.17, 15) is 0 Å². The summed E-state index contributed by atoms with van der Waals surface area (Å²) in [6.45, 7) is 15.2. The van der Waals surface area contributed by atoms with Crippen LogP contribution in [0.25, 0.3) is 0 Å². The Morgan fingerprint density at radius 1 is 0.727 bits per heavy atom. The minimum Gasteiger partial charge on any atom is -1.00 e. The minimum absolute atomic E-state index is 0. The number of carbonyl (C=O) groups is 1. The van der Waals surface area contributed by atoms with Crippen molar-refractivity contribution < 1.29 is 119 Å². The maximum Gasteiger partial charge on any atom is 1.00 e. The third kappa shape index (κ3) is 22.5. The van der Waals surface area contributed by atoms with Gasteiger partial charge in [0.25, 0.3) is 6.47 Å². The zero-order valence-corrected chi connectivity index (χ0v) is 22.4. The summed E-state index contributed by atoms with van der Waals surface area (Å²) in [4.78, 5) is 11.2. The normalized spacial score (nSPS) is 11.3. The first-order valence-electron chi connectivity index (χ1n) is 6.29. The molecule has 0 heterocycles. The molecule has 0 aromatic rings. The van der Waals surface area contributed by atoms with E-state index in [0.717, 1.165) is 0 Å². The second-order valence-electron chi connectivity index (χ2n) is 7.08. The van der Waals surface area contributed by atoms with E-state index in [4.69, 9.17) is 33.0 Å². The summed E-state index contributed by atoms with van der Waals surface area (Å²) < 4.78 is 0. The fourth-order valence-electron chi connectivity index (χ4n) is 0. The smallest absolute Gasteiger partial charge is 1.00 e. The molecule has 126 valence electrons. The molecule has 8 N–H and O–H groups in total. The van der Waals surface area contributed by atoms with Crippen molar-refractivity contribution in [3.05, 3.63) is 0 Å². The quantitative estimate of drug-likeness (QED) is 0.166. The molecule has 0 aromatic carbocycles. The van der Waals surface area contributed by atoms with Gasteiger partial charge in [0.2, 0.25) is 0 Å². The van der Waals surface area contributed by atoms with Crippen LogP contribution in [-0.4, -0.2) is 28.6 Å². The molecule has 0 bridgehead atoms. The van der Waals surface area contributed by atoms with E-state index in [2.05, 4.69) is 4.89 Å². The standard InChI is InChI=1S/2C6H16N2.CH2O3.2K.H/c2*1-5(2,7)6(3,4)8;2-1-4-3;;;/h2*7-8H2,1-4H3;1,3H;;;/q;;;2*+1;-1/p-1. The van der Waals surface area contributed by atoms with Crippen molar-refractivity contribution in [1.29, 1.82) is 0 Å². The van der Waals surface area contributed by atoms with E-state index in [1.807, 2.05) is 55.4 Å². The van der Waals surface area contributed by atoms with Gasteiger partial charge in [-0.2, -0.15) is 0 Å². The van der Waals surface area contributed by atoms with Gasteiger partial charge in [0.15, 0.2) is 0 Å². The molecule has 9 heteroatoms. The van der Waals surface area contributed by atoms with Crippen LogP contribution in [0.2, 0.25) is 0 Å². The van der Waals surface area contributed by atoms with Crippen LogP contribution >= 0.6 is 0 Å². The minimum atomic E-state index is -0.285. The second-order valence-corrected chi connectivity index (χ2v) is 7.08. The predicted molar refractivity (Wildman–Crippen MR) is 81.3 cm³/mol. The van der Waals surface area contributed by atoms with Gasteiger partial charge >= 0.3 is 103 Å². The first kappa shape index (κ1) is 35.6. The van der Waals surface area contributed by atoms with Crippen molar-refractivity contribution in [2.24, 2.45) is 22.9 Å². The number of nitrogens with two attached hydrogens (primary N) is 4. The Bertz CT molecular complexity index is 222.